The van der Waals surface area contributed by atoms with Crippen LogP contribution in [0.15, 0.2) is 0 Å². The first kappa shape index (κ1) is 6.80. The molecule has 0 atom stereocenters. The molecule has 0 aromatic rings. The number of alkyl halides is 1. The van der Waals surface area contributed by atoms with Crippen molar-refractivity contribution in [3.8, 4) is 0 Å². The normalized spacial score (nSPS) is 11.7. The molecule has 0 aromatic heterocycles. The van der Waals surface area contributed by atoms with Gasteiger partial charge in [-0.25, -0.2) is 9.53 Å². The maximum absolute atomic E-state index is 10.9. The summed E-state index contributed by atoms with van der Waals surface area (Å²) in [6, 6.07) is 0. The highest BCUT2D eigenvalue weighted by atomic mass is 32.2. The Hall–Kier alpha value is -0.200. The van der Waals surface area contributed by atoms with Crippen LogP contribution in [0.2, 0.25) is 0 Å². The molecule has 0 fully saturated rings. The van der Waals surface area contributed by atoms with E-state index in [1.54, 1.807) is 0 Å². The quantitative estimate of drug-likeness (QED) is 0.454. The molecule has 0 amide bonds. The van der Waals surface area contributed by atoms with E-state index < -0.39 is 17.0 Å². The fraction of sp³-hybridized carbons (Fsp3) is 1.00. The van der Waals surface area contributed by atoms with Gasteiger partial charge in [0.15, 0.2) is 6.80 Å². The van der Waals surface area contributed by atoms with Gasteiger partial charge in [-0.15, -0.1) is 0 Å². The molecule has 0 spiro atoms. The molecule has 6 heteroatoms. The minimum atomic E-state index is -3.80. The van der Waals surface area contributed by atoms with E-state index in [2.05, 4.69) is 5.14 Å². The molecular formula is CH5FN2O2S. The average Bonchev–Trinajstić information content (AvgIpc) is 1.30. The van der Waals surface area contributed by atoms with Gasteiger partial charge >= 0.3 is 0 Å². The zero-order chi connectivity index (χ0) is 5.91. The molecule has 0 radical (unpaired) electrons. The third-order valence-corrected chi connectivity index (χ3v) is 0.767. The van der Waals surface area contributed by atoms with Crippen molar-refractivity contribution in [2.24, 2.45) is 5.14 Å². The van der Waals surface area contributed by atoms with Gasteiger partial charge in [0.2, 0.25) is 0 Å². The van der Waals surface area contributed by atoms with Crippen molar-refractivity contribution < 1.29 is 12.8 Å². The van der Waals surface area contributed by atoms with Crippen LogP contribution in [0, 0.1) is 0 Å². The van der Waals surface area contributed by atoms with Gasteiger partial charge in [-0.3, -0.25) is 0 Å². The number of nitrogens with one attached hydrogen (secondary N) is 1. The molecule has 4 nitrogen and oxygen atoms in total. The number of nitrogens with two attached hydrogens (primary N) is 1. The SMILES string of the molecule is NS(=O)(=O)NCF. The van der Waals surface area contributed by atoms with Crippen LogP contribution in [-0.4, -0.2) is 15.2 Å². The Labute approximate surface area is 40.7 Å². The van der Waals surface area contributed by atoms with Crippen LogP contribution in [0.4, 0.5) is 4.39 Å². The van der Waals surface area contributed by atoms with Gasteiger partial charge < -0.3 is 0 Å². The predicted octanol–water partition coefficient (Wildman–Crippen LogP) is -1.29. The van der Waals surface area contributed by atoms with Crippen molar-refractivity contribution in [3.63, 3.8) is 0 Å². The lowest BCUT2D eigenvalue weighted by atomic mass is 11.5. The minimum Gasteiger partial charge on any atom is -0.233 e. The Bertz CT molecular complexity index is 129. The summed E-state index contributed by atoms with van der Waals surface area (Å²) in [6.07, 6.45) is 0. The first-order valence-corrected chi connectivity index (χ1v) is 2.94. The topological polar surface area (TPSA) is 72.2 Å². The van der Waals surface area contributed by atoms with Gasteiger partial charge in [-0.2, -0.15) is 13.1 Å². The molecule has 0 saturated carbocycles. The summed E-state index contributed by atoms with van der Waals surface area (Å²) in [7, 11) is -3.80. The summed E-state index contributed by atoms with van der Waals surface area (Å²) in [5.74, 6) is 0. The Kier molecular flexibility index (Phi) is 2.13. The van der Waals surface area contributed by atoms with E-state index in [9.17, 15) is 12.8 Å². The molecule has 0 saturated heterocycles. The van der Waals surface area contributed by atoms with Gasteiger partial charge in [-0.05, 0) is 0 Å². The van der Waals surface area contributed by atoms with Crippen LogP contribution >= 0.6 is 0 Å². The van der Waals surface area contributed by atoms with Crippen LogP contribution in [0.1, 0.15) is 0 Å². The molecular weight excluding hydrogens is 123 g/mol. The Morgan fingerprint density at radius 1 is 1.71 bits per heavy atom. The van der Waals surface area contributed by atoms with Crippen molar-refractivity contribution in [1.29, 1.82) is 0 Å². The van der Waals surface area contributed by atoms with Crippen molar-refractivity contribution >= 4 is 10.2 Å². The molecule has 0 aliphatic carbocycles. The summed E-state index contributed by atoms with van der Waals surface area (Å²) < 4.78 is 31.6. The van der Waals surface area contributed by atoms with E-state index in [-0.39, 0.29) is 0 Å². The molecule has 3 N–H and O–H groups in total. The van der Waals surface area contributed by atoms with Crippen molar-refractivity contribution in [2.45, 2.75) is 0 Å². The van der Waals surface area contributed by atoms with Crippen LogP contribution in [0.5, 0.6) is 0 Å². The monoisotopic (exact) mass is 128 g/mol. The third kappa shape index (κ3) is 5.80. The minimum absolute atomic E-state index is 1.15. The Morgan fingerprint density at radius 2 is 2.14 bits per heavy atom. The zero-order valence-electron chi connectivity index (χ0n) is 3.39. The van der Waals surface area contributed by atoms with Crippen LogP contribution < -0.4 is 9.86 Å². The fourth-order valence-corrected chi connectivity index (χ4v) is 0.228. The lowest BCUT2D eigenvalue weighted by molar-refractivity contribution is 0.469. The van der Waals surface area contributed by atoms with Gasteiger partial charge in [0.25, 0.3) is 10.2 Å². The third-order valence-electron chi connectivity index (χ3n) is 0.256. The molecule has 0 aliphatic heterocycles. The van der Waals surface area contributed by atoms with E-state index in [0.29, 0.717) is 0 Å². The summed E-state index contributed by atoms with van der Waals surface area (Å²) in [4.78, 5) is 0. The number of hydrogen-bond donors (Lipinski definition) is 2. The number of halogens is 1. The molecule has 0 aromatic carbocycles. The highest BCUT2D eigenvalue weighted by molar-refractivity contribution is 7.87. The summed E-state index contributed by atoms with van der Waals surface area (Å²) in [5, 5.41) is 4.27. The van der Waals surface area contributed by atoms with Crippen LogP contribution in [0.25, 0.3) is 0 Å². The molecule has 0 unspecified atom stereocenters. The highest BCUT2D eigenvalue weighted by Gasteiger charge is 1.94. The molecule has 0 bridgehead atoms. The molecule has 44 valence electrons. The van der Waals surface area contributed by atoms with Crippen molar-refractivity contribution in [2.75, 3.05) is 6.80 Å². The second kappa shape index (κ2) is 2.20. The average molecular weight is 128 g/mol. The lowest BCUT2D eigenvalue weighted by Crippen LogP contribution is -2.29. The zero-order valence-corrected chi connectivity index (χ0v) is 4.20. The molecule has 0 rings (SSSR count). The van der Waals surface area contributed by atoms with E-state index >= 15 is 0 Å². The first-order chi connectivity index (χ1) is 3.06. The van der Waals surface area contributed by atoms with Crippen LogP contribution in [0.3, 0.4) is 0 Å². The smallest absolute Gasteiger partial charge is 0.233 e. The first-order valence-electron chi connectivity index (χ1n) is 1.39. The largest absolute Gasteiger partial charge is 0.276 e. The second-order valence-corrected chi connectivity index (χ2v) is 2.20. The number of rotatable bonds is 2. The maximum Gasteiger partial charge on any atom is 0.276 e. The summed E-state index contributed by atoms with van der Waals surface area (Å²) in [5.41, 5.74) is 0. The molecule has 0 aliphatic rings. The highest BCUT2D eigenvalue weighted by Crippen LogP contribution is 1.63. The van der Waals surface area contributed by atoms with Crippen molar-refractivity contribution in [1.82, 2.24) is 4.72 Å². The number of hydrogen-bond acceptors (Lipinski definition) is 2. The van der Waals surface area contributed by atoms with Crippen molar-refractivity contribution in [3.05, 3.63) is 0 Å². The Morgan fingerprint density at radius 3 is 2.14 bits per heavy atom. The summed E-state index contributed by atoms with van der Waals surface area (Å²) in [6.45, 7) is -1.15. The van der Waals surface area contributed by atoms with E-state index in [0.717, 1.165) is 0 Å². The Balaban J connectivity index is 3.60. The van der Waals surface area contributed by atoms with E-state index in [1.807, 2.05) is 0 Å². The fourth-order valence-electron chi connectivity index (χ4n) is 0.0760. The van der Waals surface area contributed by atoms with Gasteiger partial charge in [0, 0.05) is 0 Å². The van der Waals surface area contributed by atoms with Gasteiger partial charge in [0.05, 0.1) is 0 Å². The van der Waals surface area contributed by atoms with E-state index in [1.165, 1.54) is 4.72 Å². The molecule has 0 heterocycles. The van der Waals surface area contributed by atoms with E-state index in [4.69, 9.17) is 0 Å². The van der Waals surface area contributed by atoms with Gasteiger partial charge in [0.1, 0.15) is 0 Å². The standard InChI is InChI=1S/CH5FN2O2S/c2-1-4-7(3,5)6/h4H,1H2,(H2,3,5,6). The predicted molar refractivity (Wildman–Crippen MR) is 22.2 cm³/mol. The maximum atomic E-state index is 10.9. The lowest BCUT2D eigenvalue weighted by Gasteiger charge is -1.89. The van der Waals surface area contributed by atoms with Crippen LogP contribution in [-0.2, 0) is 10.2 Å². The van der Waals surface area contributed by atoms with Gasteiger partial charge in [-0.1, -0.05) is 0 Å². The molecule has 7 heavy (non-hydrogen) atoms. The summed E-state index contributed by atoms with van der Waals surface area (Å²) >= 11 is 0. The second-order valence-electron chi connectivity index (χ2n) is 0.823.